The molecule has 0 aliphatic rings. The molecule has 0 aliphatic carbocycles. The normalized spacial score (nSPS) is 10.4. The van der Waals surface area contributed by atoms with E-state index in [2.05, 4.69) is 9.72 Å². The molecule has 9 heteroatoms. The van der Waals surface area contributed by atoms with Crippen molar-refractivity contribution < 1.29 is 23.2 Å². The summed E-state index contributed by atoms with van der Waals surface area (Å²) in [6.45, 7) is 0. The van der Waals surface area contributed by atoms with Crippen molar-refractivity contribution in [2.45, 2.75) is 6.43 Å². The molecule has 0 radical (unpaired) electrons. The zero-order valence-electron chi connectivity index (χ0n) is 8.32. The van der Waals surface area contributed by atoms with Crippen molar-refractivity contribution in [1.82, 2.24) is 4.98 Å². The molecule has 0 bridgehead atoms. The number of carbonyl (C=O) groups is 1. The summed E-state index contributed by atoms with van der Waals surface area (Å²) >= 11 is 5.49. The topological polar surface area (TPSA) is 82.3 Å². The molecular weight excluding hydrogens is 262 g/mol. The fraction of sp³-hybridized carbons (Fsp3) is 0.250. The highest BCUT2D eigenvalue weighted by Crippen LogP contribution is 2.31. The maximum absolute atomic E-state index is 12.5. The number of hydrogen-bond donors (Lipinski definition) is 0. The van der Waals surface area contributed by atoms with Gasteiger partial charge < -0.3 is 14.9 Å². The Kier molecular flexibility index (Phi) is 3.89. The highest BCUT2D eigenvalue weighted by atomic mass is 35.5. The van der Waals surface area contributed by atoms with Crippen LogP contribution < -0.4 is 0 Å². The molecule has 0 saturated heterocycles. The van der Waals surface area contributed by atoms with Crippen LogP contribution in [0.5, 0.6) is 0 Å². The van der Waals surface area contributed by atoms with Gasteiger partial charge in [0.05, 0.1) is 18.7 Å². The van der Waals surface area contributed by atoms with E-state index in [4.69, 9.17) is 11.6 Å². The lowest BCUT2D eigenvalue weighted by Gasteiger charge is -2.04. The first kappa shape index (κ1) is 13.2. The number of halogens is 3. The SMILES string of the molecule is COC(=O)c1cc([N+](=O)[O-])nc(C(F)F)c1Cl. The van der Waals surface area contributed by atoms with Crippen molar-refractivity contribution in [3.8, 4) is 0 Å². The maximum atomic E-state index is 12.5. The van der Waals surface area contributed by atoms with Crippen molar-refractivity contribution in [3.05, 3.63) is 32.5 Å². The van der Waals surface area contributed by atoms with Crippen LogP contribution in [-0.2, 0) is 4.74 Å². The van der Waals surface area contributed by atoms with Crippen molar-refractivity contribution in [1.29, 1.82) is 0 Å². The Morgan fingerprint density at radius 1 is 1.65 bits per heavy atom. The summed E-state index contributed by atoms with van der Waals surface area (Å²) in [5, 5.41) is 9.80. The molecule has 0 spiro atoms. The van der Waals surface area contributed by atoms with Crippen LogP contribution >= 0.6 is 11.6 Å². The van der Waals surface area contributed by atoms with Gasteiger partial charge in [0.15, 0.2) is 0 Å². The molecule has 0 aliphatic heterocycles. The van der Waals surface area contributed by atoms with Gasteiger partial charge in [-0.2, -0.15) is 0 Å². The molecule has 92 valence electrons. The summed E-state index contributed by atoms with van der Waals surface area (Å²) in [5.41, 5.74) is -1.55. The highest BCUT2D eigenvalue weighted by molar-refractivity contribution is 6.34. The predicted octanol–water partition coefficient (Wildman–Crippen LogP) is 2.37. The predicted molar refractivity (Wildman–Crippen MR) is 52.2 cm³/mol. The standard InChI is InChI=1S/C8H5ClF2N2O4/c1-17-8(14)3-2-4(13(15)16)12-6(5(3)9)7(10)11/h2,7H,1H3. The lowest BCUT2D eigenvalue weighted by molar-refractivity contribution is -0.389. The van der Waals surface area contributed by atoms with E-state index in [1.54, 1.807) is 0 Å². The Bertz CT molecular complexity index is 481. The van der Waals surface area contributed by atoms with E-state index >= 15 is 0 Å². The third kappa shape index (κ3) is 2.64. The zero-order chi connectivity index (χ0) is 13.2. The third-order valence-electron chi connectivity index (χ3n) is 1.77. The molecule has 0 amide bonds. The van der Waals surface area contributed by atoms with Gasteiger partial charge in [-0.15, -0.1) is 0 Å². The second kappa shape index (κ2) is 5.00. The van der Waals surface area contributed by atoms with E-state index in [0.717, 1.165) is 7.11 Å². The fourth-order valence-electron chi connectivity index (χ4n) is 1.03. The van der Waals surface area contributed by atoms with Gasteiger partial charge in [0, 0.05) is 0 Å². The molecule has 0 unspecified atom stereocenters. The van der Waals surface area contributed by atoms with Gasteiger partial charge in [0.2, 0.25) is 5.69 Å². The lowest BCUT2D eigenvalue weighted by atomic mass is 10.2. The first-order valence-electron chi connectivity index (χ1n) is 4.09. The van der Waals surface area contributed by atoms with Gasteiger partial charge >= 0.3 is 18.2 Å². The molecule has 0 saturated carbocycles. The van der Waals surface area contributed by atoms with Crippen LogP contribution in [0.4, 0.5) is 14.6 Å². The second-order valence-electron chi connectivity index (χ2n) is 2.78. The molecule has 0 atom stereocenters. The van der Waals surface area contributed by atoms with Gasteiger partial charge in [-0.05, 0) is 9.91 Å². The number of esters is 1. The van der Waals surface area contributed by atoms with Gasteiger partial charge in [-0.3, -0.25) is 0 Å². The second-order valence-corrected chi connectivity index (χ2v) is 3.15. The quantitative estimate of drug-likeness (QED) is 0.476. The van der Waals surface area contributed by atoms with Crippen LogP contribution in [0.3, 0.4) is 0 Å². The number of ether oxygens (including phenoxy) is 1. The maximum Gasteiger partial charge on any atom is 0.364 e. The Hall–Kier alpha value is -1.83. The summed E-state index contributed by atoms with van der Waals surface area (Å²) in [5.74, 6) is -1.95. The monoisotopic (exact) mass is 266 g/mol. The van der Waals surface area contributed by atoms with E-state index in [1.165, 1.54) is 0 Å². The number of carbonyl (C=O) groups excluding carboxylic acids is 1. The van der Waals surface area contributed by atoms with Gasteiger partial charge in [-0.1, -0.05) is 11.6 Å². The van der Waals surface area contributed by atoms with E-state index in [0.29, 0.717) is 6.07 Å². The minimum atomic E-state index is -3.13. The number of rotatable bonds is 3. The highest BCUT2D eigenvalue weighted by Gasteiger charge is 2.29. The molecule has 0 fully saturated rings. The van der Waals surface area contributed by atoms with Gasteiger partial charge in [-0.25, -0.2) is 13.6 Å². The molecule has 1 rings (SSSR count). The van der Waals surface area contributed by atoms with E-state index in [1.807, 2.05) is 0 Å². The average Bonchev–Trinajstić information content (AvgIpc) is 2.27. The van der Waals surface area contributed by atoms with Crippen molar-refractivity contribution in [2.75, 3.05) is 7.11 Å². The van der Waals surface area contributed by atoms with Crippen molar-refractivity contribution in [3.63, 3.8) is 0 Å². The minimum absolute atomic E-state index is 0.522. The van der Waals surface area contributed by atoms with Gasteiger partial charge in [0.1, 0.15) is 5.02 Å². The van der Waals surface area contributed by atoms with Crippen LogP contribution in [0, 0.1) is 10.1 Å². The van der Waals surface area contributed by atoms with E-state index in [-0.39, 0.29) is 0 Å². The molecule has 0 aromatic carbocycles. The first-order valence-corrected chi connectivity index (χ1v) is 4.47. The Morgan fingerprint density at radius 2 is 2.24 bits per heavy atom. The molecule has 0 N–H and O–H groups in total. The summed E-state index contributed by atoms with van der Waals surface area (Å²) < 4.78 is 29.3. The number of nitro groups is 1. The van der Waals surface area contributed by atoms with Crippen molar-refractivity contribution in [2.24, 2.45) is 0 Å². The summed E-state index contributed by atoms with van der Waals surface area (Å²) in [6.07, 6.45) is -3.13. The molecular formula is C8H5ClF2N2O4. The van der Waals surface area contributed by atoms with E-state index < -0.39 is 39.4 Å². The molecule has 1 heterocycles. The molecule has 1 aromatic rings. The van der Waals surface area contributed by atoms with Crippen molar-refractivity contribution >= 4 is 23.4 Å². The number of aromatic nitrogens is 1. The Morgan fingerprint density at radius 3 is 2.65 bits per heavy atom. The minimum Gasteiger partial charge on any atom is -0.465 e. The summed E-state index contributed by atoms with van der Waals surface area (Å²) in [6, 6.07) is 0.681. The van der Waals surface area contributed by atoms with Crippen LogP contribution in [0.25, 0.3) is 0 Å². The number of alkyl halides is 2. The molecule has 17 heavy (non-hydrogen) atoms. The number of methoxy groups -OCH3 is 1. The van der Waals surface area contributed by atoms with Crippen LogP contribution in [-0.4, -0.2) is 23.0 Å². The Balaban J connectivity index is 3.48. The van der Waals surface area contributed by atoms with Crippen LogP contribution in [0.2, 0.25) is 5.02 Å². The van der Waals surface area contributed by atoms with Crippen LogP contribution in [0.15, 0.2) is 6.07 Å². The molecule has 1 aromatic heterocycles. The first-order chi connectivity index (χ1) is 7.88. The third-order valence-corrected chi connectivity index (χ3v) is 2.17. The lowest BCUT2D eigenvalue weighted by Crippen LogP contribution is -2.08. The summed E-state index contributed by atoms with van der Waals surface area (Å²) in [4.78, 5) is 23.7. The average molecular weight is 267 g/mol. The number of pyridine rings is 1. The van der Waals surface area contributed by atoms with Crippen LogP contribution in [0.1, 0.15) is 22.5 Å². The zero-order valence-corrected chi connectivity index (χ0v) is 9.07. The van der Waals surface area contributed by atoms with E-state index in [9.17, 15) is 23.7 Å². The smallest absolute Gasteiger partial charge is 0.364 e. The molecule has 6 nitrogen and oxygen atoms in total. The number of hydrogen-bond acceptors (Lipinski definition) is 5. The Labute approximate surface area is 98.3 Å². The summed E-state index contributed by atoms with van der Waals surface area (Å²) in [7, 11) is 0.993. The number of nitrogens with zero attached hydrogens (tertiary/aromatic N) is 2. The van der Waals surface area contributed by atoms with Gasteiger partial charge in [0.25, 0.3) is 0 Å². The largest absolute Gasteiger partial charge is 0.465 e. The fourth-order valence-corrected chi connectivity index (χ4v) is 1.29.